The Balaban J connectivity index is 0.00000481. The molecule has 0 saturated carbocycles. The topological polar surface area (TPSA) is 119 Å². The fraction of sp³-hybridized carbons (Fsp3) is 0.208. The van der Waals surface area contributed by atoms with Crippen LogP contribution in [0.25, 0.3) is 0 Å². The van der Waals surface area contributed by atoms with E-state index >= 15 is 0 Å². The Kier molecular flexibility index (Phi) is 11.1. The van der Waals surface area contributed by atoms with Crippen LogP contribution < -0.4 is 19.1 Å². The van der Waals surface area contributed by atoms with Gasteiger partial charge in [-0.05, 0) is 25.1 Å². The molecule has 1 N–H and O–H groups in total. The molecule has 0 aliphatic carbocycles. The monoisotopic (exact) mass is 689 g/mol. The van der Waals surface area contributed by atoms with Gasteiger partial charge in [0.2, 0.25) is 0 Å². The molecule has 3 rings (SSSR count). The van der Waals surface area contributed by atoms with Crippen molar-refractivity contribution in [1.82, 2.24) is 0 Å². The number of anilines is 2. The minimum Gasteiger partial charge on any atom is -0.493 e. The van der Waals surface area contributed by atoms with Crippen molar-refractivity contribution < 1.29 is 74.0 Å². The van der Waals surface area contributed by atoms with Gasteiger partial charge >= 0.3 is 0 Å². The van der Waals surface area contributed by atoms with Crippen molar-refractivity contribution in [3.05, 3.63) is 63.3 Å². The maximum absolute atomic E-state index is 13.5. The number of benzene rings is 2. The number of carbonyl (C=O) groups excluding carboxylic acids is 3. The minimum atomic E-state index is -4.23. The summed E-state index contributed by atoms with van der Waals surface area (Å²) >= 11 is 6.89. The van der Waals surface area contributed by atoms with Crippen LogP contribution in [0, 0.1) is 47.8 Å². The summed E-state index contributed by atoms with van der Waals surface area (Å²) in [6.45, 7) is 3.35. The van der Waals surface area contributed by atoms with Gasteiger partial charge in [0, 0.05) is 61.8 Å². The summed E-state index contributed by atoms with van der Waals surface area (Å²) in [4.78, 5) is 35.9. The number of hydrogen-bond donors (Lipinski definition) is 1. The van der Waals surface area contributed by atoms with Crippen molar-refractivity contribution >= 4 is 61.8 Å². The Morgan fingerprint density at radius 2 is 1.84 bits per heavy atom. The molecule has 194 valence electrons. The SMILES string of the molecule is CCOc1ccc(N(C)S(=O)(=O)c2cc(Cl)sc2C(=O)Nc2c[c-]cc(C(=O)C(C)=O)c2)cc1OC.[Ce]. The zero-order chi connectivity index (χ0) is 26.6. The Bertz CT molecular complexity index is 1440. The van der Waals surface area contributed by atoms with Crippen LogP contribution in [-0.4, -0.2) is 46.7 Å². The van der Waals surface area contributed by atoms with Crippen molar-refractivity contribution in [2.45, 2.75) is 18.7 Å². The van der Waals surface area contributed by atoms with Crippen LogP contribution in [-0.2, 0) is 14.8 Å². The number of hydrogen-bond acceptors (Lipinski definition) is 8. The quantitative estimate of drug-likeness (QED) is 0.190. The number of rotatable bonds is 10. The summed E-state index contributed by atoms with van der Waals surface area (Å²) in [5.74, 6) is -1.37. The van der Waals surface area contributed by atoms with Gasteiger partial charge in [0.15, 0.2) is 23.1 Å². The second-order valence-corrected chi connectivity index (χ2v) is 11.0. The first-order valence-corrected chi connectivity index (χ1v) is 13.1. The van der Waals surface area contributed by atoms with Gasteiger partial charge in [0.05, 0.1) is 23.7 Å². The summed E-state index contributed by atoms with van der Waals surface area (Å²) in [6.07, 6.45) is 0. The van der Waals surface area contributed by atoms with Crippen molar-refractivity contribution in [2.75, 3.05) is 30.4 Å². The van der Waals surface area contributed by atoms with Gasteiger partial charge in [-0.15, -0.1) is 17.4 Å². The zero-order valence-electron chi connectivity index (χ0n) is 20.2. The van der Waals surface area contributed by atoms with E-state index in [1.807, 2.05) is 6.92 Å². The third kappa shape index (κ3) is 7.09. The summed E-state index contributed by atoms with van der Waals surface area (Å²) in [6, 6.07) is 12.5. The maximum Gasteiger partial charge on any atom is 0.265 e. The number of ketones is 2. The molecule has 0 atom stereocenters. The van der Waals surface area contributed by atoms with Crippen LogP contribution in [0.4, 0.5) is 11.4 Å². The Morgan fingerprint density at radius 1 is 1.14 bits per heavy atom. The van der Waals surface area contributed by atoms with Crippen molar-refractivity contribution in [1.29, 1.82) is 0 Å². The van der Waals surface area contributed by atoms with E-state index in [-0.39, 0.29) is 72.8 Å². The van der Waals surface area contributed by atoms with Crippen LogP contribution in [0.1, 0.15) is 33.9 Å². The van der Waals surface area contributed by atoms with Gasteiger partial charge in [0.25, 0.3) is 15.9 Å². The largest absolute Gasteiger partial charge is 0.493 e. The number of amides is 1. The number of carbonyl (C=O) groups is 3. The smallest absolute Gasteiger partial charge is 0.265 e. The van der Waals surface area contributed by atoms with Gasteiger partial charge in [-0.1, -0.05) is 22.9 Å². The molecule has 0 spiro atoms. The van der Waals surface area contributed by atoms with Crippen molar-refractivity contribution in [3.63, 3.8) is 0 Å². The third-order valence-electron chi connectivity index (χ3n) is 4.95. The normalized spacial score (nSPS) is 10.7. The summed E-state index contributed by atoms with van der Waals surface area (Å²) in [5.41, 5.74) is 0.472. The molecular weight excluding hydrogens is 668 g/mol. The molecule has 0 bridgehead atoms. The Hall–Kier alpha value is -2.03. The predicted octanol–water partition coefficient (Wildman–Crippen LogP) is 4.46. The first kappa shape index (κ1) is 31.2. The average Bonchev–Trinajstić information content (AvgIpc) is 3.26. The van der Waals surface area contributed by atoms with Crippen LogP contribution >= 0.6 is 22.9 Å². The van der Waals surface area contributed by atoms with Gasteiger partial charge < -0.3 is 19.6 Å². The van der Waals surface area contributed by atoms with E-state index in [1.54, 1.807) is 12.1 Å². The molecule has 0 aliphatic heterocycles. The van der Waals surface area contributed by atoms with E-state index in [0.717, 1.165) is 22.6 Å². The summed E-state index contributed by atoms with van der Waals surface area (Å²) < 4.78 is 38.8. The van der Waals surface area contributed by atoms with Crippen molar-refractivity contribution in [3.8, 4) is 11.5 Å². The number of halogens is 1. The summed E-state index contributed by atoms with van der Waals surface area (Å²) in [7, 11) is -1.45. The Morgan fingerprint density at radius 3 is 2.46 bits per heavy atom. The minimum absolute atomic E-state index is 0. The number of nitrogens with one attached hydrogen (secondary N) is 1. The molecule has 9 nitrogen and oxygen atoms in total. The van der Waals surface area contributed by atoms with E-state index in [1.165, 1.54) is 44.5 Å². The van der Waals surface area contributed by atoms with E-state index < -0.39 is 27.5 Å². The van der Waals surface area contributed by atoms with Gasteiger partial charge in [0.1, 0.15) is 9.77 Å². The molecular formula is C24H22CeClN2O7S2-. The van der Waals surface area contributed by atoms with Crippen LogP contribution in [0.2, 0.25) is 4.34 Å². The molecule has 2 aromatic carbocycles. The van der Waals surface area contributed by atoms with E-state index in [9.17, 15) is 22.8 Å². The van der Waals surface area contributed by atoms with Crippen LogP contribution in [0.5, 0.6) is 11.5 Å². The van der Waals surface area contributed by atoms with E-state index in [2.05, 4.69) is 11.4 Å². The standard InChI is InChI=1S/C24H22ClN2O7S2.Ce/c1-5-34-18-10-9-17(12-19(18)33-4)27(3)36(31,32)20-13-21(25)35-23(20)24(30)26-16-8-6-7-15(11-16)22(29)14(2)28;/h7-13H,5H2,1-4H3,(H,26,30);/q-1;. The number of methoxy groups -OCH3 is 1. The zero-order valence-corrected chi connectivity index (χ0v) is 25.8. The third-order valence-corrected chi connectivity index (χ3v) is 8.15. The molecule has 1 aromatic heterocycles. The summed E-state index contributed by atoms with van der Waals surface area (Å²) in [5, 5.41) is 2.54. The molecule has 1 amide bonds. The maximum atomic E-state index is 13.5. The average molecular weight is 690 g/mol. The number of Topliss-reactive ketones (excluding diaryl/α,β-unsaturated/α-hetero) is 2. The predicted molar refractivity (Wildman–Crippen MR) is 137 cm³/mol. The molecule has 13 heteroatoms. The van der Waals surface area contributed by atoms with E-state index in [4.69, 9.17) is 21.1 Å². The molecule has 37 heavy (non-hydrogen) atoms. The van der Waals surface area contributed by atoms with Gasteiger partial charge in [-0.2, -0.15) is 18.2 Å². The Labute approximate surface area is 257 Å². The second kappa shape index (κ2) is 13.2. The number of nitrogens with zero attached hydrogens (tertiary/aromatic N) is 1. The molecule has 0 aliphatic rings. The van der Waals surface area contributed by atoms with Crippen LogP contribution in [0.15, 0.2) is 47.4 Å². The number of ether oxygens (including phenoxy) is 2. The molecule has 0 radical (unpaired) electrons. The first-order chi connectivity index (χ1) is 17.0. The number of thiophene rings is 1. The fourth-order valence-corrected chi connectivity index (χ4v) is 6.05. The molecule has 1 heterocycles. The van der Waals surface area contributed by atoms with Gasteiger partial charge in [-0.25, -0.2) is 8.42 Å². The number of sulfonamides is 1. The van der Waals surface area contributed by atoms with Crippen molar-refractivity contribution in [2.24, 2.45) is 0 Å². The van der Waals surface area contributed by atoms with Crippen LogP contribution in [0.3, 0.4) is 0 Å². The van der Waals surface area contributed by atoms with Gasteiger partial charge in [-0.3, -0.25) is 13.9 Å². The second-order valence-electron chi connectivity index (χ2n) is 7.33. The van der Waals surface area contributed by atoms with E-state index in [0.29, 0.717) is 18.1 Å². The molecule has 0 unspecified atom stereocenters. The molecule has 0 saturated heterocycles. The molecule has 3 aromatic rings. The fourth-order valence-electron chi connectivity index (χ4n) is 3.18. The first-order valence-electron chi connectivity index (χ1n) is 10.5. The molecule has 0 fully saturated rings.